The fourth-order valence-electron chi connectivity index (χ4n) is 6.25. The maximum absolute atomic E-state index is 10.3. The average Bonchev–Trinajstić information content (AvgIpc) is 3.03. The van der Waals surface area contributed by atoms with Crippen LogP contribution in [-0.4, -0.2) is 21.9 Å². The number of aliphatic hydroxyl groups excluding tert-OH is 1. The third kappa shape index (κ3) is 5.02. The molecule has 168 valence electrons. The lowest BCUT2D eigenvalue weighted by molar-refractivity contribution is 0.0436. The minimum atomic E-state index is -0.663. The maximum Gasteiger partial charge on any atom is 0.0651 e. The van der Waals surface area contributed by atoms with E-state index >= 15 is 0 Å². The van der Waals surface area contributed by atoms with Crippen molar-refractivity contribution in [3.63, 3.8) is 0 Å². The summed E-state index contributed by atoms with van der Waals surface area (Å²) in [5.41, 5.74) is 3.78. The van der Waals surface area contributed by atoms with Crippen LogP contribution < -0.4 is 0 Å². The van der Waals surface area contributed by atoms with Crippen molar-refractivity contribution in [1.82, 2.24) is 0 Å². The van der Waals surface area contributed by atoms with Gasteiger partial charge in [0.25, 0.3) is 0 Å². The molecule has 3 saturated carbocycles. The third-order valence-electron chi connectivity index (χ3n) is 8.68. The fraction of sp³-hybridized carbons (Fsp3) is 0.714. The first kappa shape index (κ1) is 23.5. The van der Waals surface area contributed by atoms with Gasteiger partial charge in [-0.2, -0.15) is 0 Å². The second-order valence-electron chi connectivity index (χ2n) is 11.2. The van der Waals surface area contributed by atoms with E-state index in [-0.39, 0.29) is 12.0 Å². The summed E-state index contributed by atoms with van der Waals surface area (Å²) in [6.45, 7) is 15.0. The van der Waals surface area contributed by atoms with Crippen LogP contribution in [0.2, 0.25) is 0 Å². The zero-order chi connectivity index (χ0) is 22.1. The Balaban J connectivity index is 1.75. The minimum absolute atomic E-state index is 0.164. The predicted octanol–water partition coefficient (Wildman–Crippen LogP) is 6.76. The normalized spacial score (nSPS) is 37.7. The maximum atomic E-state index is 10.3. The van der Waals surface area contributed by atoms with Gasteiger partial charge in [0.1, 0.15) is 0 Å². The van der Waals surface area contributed by atoms with E-state index in [0.717, 1.165) is 19.3 Å². The molecular weight excluding hydrogens is 368 g/mol. The summed E-state index contributed by atoms with van der Waals surface area (Å²) in [7, 11) is 0. The highest BCUT2D eigenvalue weighted by Gasteiger charge is 2.50. The first-order valence-corrected chi connectivity index (χ1v) is 12.2. The average molecular weight is 413 g/mol. The second kappa shape index (κ2) is 9.17. The van der Waals surface area contributed by atoms with Crippen LogP contribution in [0.1, 0.15) is 86.0 Å². The van der Waals surface area contributed by atoms with Crippen molar-refractivity contribution < 1.29 is 10.2 Å². The highest BCUT2D eigenvalue weighted by molar-refractivity contribution is 5.36. The zero-order valence-corrected chi connectivity index (χ0v) is 20.0. The van der Waals surface area contributed by atoms with Crippen molar-refractivity contribution >= 4 is 0 Å². The van der Waals surface area contributed by atoms with Gasteiger partial charge in [0, 0.05) is 5.92 Å². The lowest BCUT2D eigenvalue weighted by Crippen LogP contribution is -2.35. The molecule has 3 rings (SSSR count). The monoisotopic (exact) mass is 412 g/mol. The van der Waals surface area contributed by atoms with Gasteiger partial charge in [-0.25, -0.2) is 0 Å². The molecule has 0 amide bonds. The highest BCUT2D eigenvalue weighted by Crippen LogP contribution is 2.59. The van der Waals surface area contributed by atoms with Crippen molar-refractivity contribution in [3.8, 4) is 0 Å². The molecular formula is C28H44O2. The van der Waals surface area contributed by atoms with Crippen LogP contribution in [-0.2, 0) is 0 Å². The summed E-state index contributed by atoms with van der Waals surface area (Å²) in [6.07, 6.45) is 18.0. The molecule has 3 aliphatic carbocycles. The number of allylic oxidation sites excluding steroid dienone is 5. The van der Waals surface area contributed by atoms with Gasteiger partial charge in [-0.1, -0.05) is 62.8 Å². The molecule has 0 radical (unpaired) electrons. The van der Waals surface area contributed by atoms with Crippen LogP contribution >= 0.6 is 0 Å². The van der Waals surface area contributed by atoms with E-state index in [2.05, 4.69) is 51.7 Å². The molecule has 2 nitrogen and oxygen atoms in total. The molecule has 0 unspecified atom stereocenters. The van der Waals surface area contributed by atoms with E-state index in [1.54, 1.807) is 5.57 Å². The van der Waals surface area contributed by atoms with Crippen LogP contribution in [0.3, 0.4) is 0 Å². The quantitative estimate of drug-likeness (QED) is 0.490. The van der Waals surface area contributed by atoms with E-state index < -0.39 is 5.60 Å². The molecule has 0 saturated heterocycles. The van der Waals surface area contributed by atoms with Crippen molar-refractivity contribution in [3.05, 3.63) is 47.6 Å². The van der Waals surface area contributed by atoms with Crippen LogP contribution in [0, 0.1) is 29.1 Å². The van der Waals surface area contributed by atoms with Crippen molar-refractivity contribution in [2.45, 2.75) is 97.7 Å². The molecule has 0 aromatic carbocycles. The molecule has 3 aliphatic rings. The van der Waals surface area contributed by atoms with Gasteiger partial charge in [0.2, 0.25) is 0 Å². The molecule has 30 heavy (non-hydrogen) atoms. The highest BCUT2D eigenvalue weighted by atomic mass is 16.3. The number of aliphatic hydroxyl groups is 2. The smallest absolute Gasteiger partial charge is 0.0651 e. The van der Waals surface area contributed by atoms with Crippen molar-refractivity contribution in [2.75, 3.05) is 0 Å². The van der Waals surface area contributed by atoms with E-state index in [9.17, 15) is 10.2 Å². The Kier molecular flexibility index (Phi) is 7.19. The van der Waals surface area contributed by atoms with Crippen molar-refractivity contribution in [1.29, 1.82) is 0 Å². The number of hydrogen-bond donors (Lipinski definition) is 2. The van der Waals surface area contributed by atoms with Gasteiger partial charge in [-0.05, 0) is 94.0 Å². The second-order valence-corrected chi connectivity index (χ2v) is 11.2. The van der Waals surface area contributed by atoms with E-state index in [4.69, 9.17) is 0 Å². The molecule has 6 atom stereocenters. The van der Waals surface area contributed by atoms with Crippen LogP contribution in [0.25, 0.3) is 0 Å². The molecule has 0 heterocycles. The Bertz CT molecular complexity index is 719. The minimum Gasteiger partial charge on any atom is -0.393 e. The van der Waals surface area contributed by atoms with E-state index in [1.165, 1.54) is 43.3 Å². The van der Waals surface area contributed by atoms with E-state index in [0.29, 0.717) is 23.2 Å². The zero-order valence-electron chi connectivity index (χ0n) is 20.0. The summed E-state index contributed by atoms with van der Waals surface area (Å²) in [4.78, 5) is 0. The number of rotatable bonds is 5. The molecule has 0 spiro atoms. The first-order chi connectivity index (χ1) is 14.0. The number of hydrogen-bond acceptors (Lipinski definition) is 2. The molecule has 0 aliphatic heterocycles. The van der Waals surface area contributed by atoms with Gasteiger partial charge in [0.05, 0.1) is 11.7 Å². The van der Waals surface area contributed by atoms with Gasteiger partial charge >= 0.3 is 0 Å². The van der Waals surface area contributed by atoms with Crippen LogP contribution in [0.15, 0.2) is 47.6 Å². The molecule has 0 aromatic rings. The topological polar surface area (TPSA) is 40.5 Å². The Morgan fingerprint density at radius 2 is 1.83 bits per heavy atom. The Morgan fingerprint density at radius 1 is 1.10 bits per heavy atom. The number of fused-ring (bicyclic) bond motifs is 1. The summed E-state index contributed by atoms with van der Waals surface area (Å²) in [6, 6.07) is 0. The van der Waals surface area contributed by atoms with Gasteiger partial charge in [0.15, 0.2) is 0 Å². The molecule has 3 fully saturated rings. The molecule has 2 N–H and O–H groups in total. The van der Waals surface area contributed by atoms with Crippen LogP contribution in [0.4, 0.5) is 0 Å². The van der Waals surface area contributed by atoms with Gasteiger partial charge in [-0.3, -0.25) is 0 Å². The lowest BCUT2D eigenvalue weighted by Gasteiger charge is -2.44. The summed E-state index contributed by atoms with van der Waals surface area (Å²) in [5, 5.41) is 20.3. The standard InChI is InChI=1S/C28H44O2/c1-19-10-14-24(29)18-23(19)13-12-22-8-7-17-28(6)25(15-16-26(22)28)20(2)9-11-21(3)27(4,5)30/h9,11-13,20-21,24-26,29-30H,1,7-8,10,14-18H2,2-6H3/b11-9+,22-12+,23-13-/t20-,21+,24+,25-,26+,28+/m0/s1. The first-order valence-electron chi connectivity index (χ1n) is 12.2. The van der Waals surface area contributed by atoms with Gasteiger partial charge in [-0.15, -0.1) is 0 Å². The Hall–Kier alpha value is -1.12. The predicted molar refractivity (Wildman–Crippen MR) is 127 cm³/mol. The molecule has 0 bridgehead atoms. The summed E-state index contributed by atoms with van der Waals surface area (Å²) >= 11 is 0. The van der Waals surface area contributed by atoms with Crippen molar-refractivity contribution in [2.24, 2.45) is 29.1 Å². The lowest BCUT2D eigenvalue weighted by atomic mass is 9.61. The Morgan fingerprint density at radius 3 is 2.53 bits per heavy atom. The molecule has 2 heteroatoms. The Labute approximate surface area is 184 Å². The molecule has 0 aromatic heterocycles. The summed E-state index contributed by atoms with van der Waals surface area (Å²) in [5.74, 6) is 2.08. The SMILES string of the molecule is C=C1CC[C@@H](O)C/C1=C/C=C1\CCC[C@@]2(C)[C@@H]1CC[C@H]2[C@@H](C)/C=C/[C@@H](C)C(C)(C)O. The fourth-order valence-corrected chi connectivity index (χ4v) is 6.25. The van der Waals surface area contributed by atoms with Gasteiger partial charge < -0.3 is 10.2 Å². The van der Waals surface area contributed by atoms with E-state index in [1.807, 2.05) is 13.8 Å². The largest absolute Gasteiger partial charge is 0.393 e. The third-order valence-corrected chi connectivity index (χ3v) is 8.68. The summed E-state index contributed by atoms with van der Waals surface area (Å²) < 4.78 is 0. The van der Waals surface area contributed by atoms with Crippen LogP contribution in [0.5, 0.6) is 0 Å².